The van der Waals surface area contributed by atoms with Crippen molar-refractivity contribution in [3.8, 4) is 16.9 Å². The van der Waals surface area contributed by atoms with Gasteiger partial charge in [0.2, 0.25) is 5.91 Å². The number of likely N-dealkylation sites (tertiary alicyclic amines) is 1. The molecule has 0 saturated carbocycles. The first-order valence-corrected chi connectivity index (χ1v) is 10.8. The summed E-state index contributed by atoms with van der Waals surface area (Å²) in [6, 6.07) is 14.6. The quantitative estimate of drug-likeness (QED) is 0.573. The van der Waals surface area contributed by atoms with Crippen LogP contribution >= 0.6 is 0 Å². The van der Waals surface area contributed by atoms with Gasteiger partial charge in [0.15, 0.2) is 0 Å². The highest BCUT2D eigenvalue weighted by molar-refractivity contribution is 6.02. The van der Waals surface area contributed by atoms with Crippen molar-refractivity contribution in [1.82, 2.24) is 15.1 Å². The zero-order valence-corrected chi connectivity index (χ0v) is 18.2. The first kappa shape index (κ1) is 21.4. The molecule has 1 aromatic heterocycles. The number of aromatic nitrogens is 2. The summed E-state index contributed by atoms with van der Waals surface area (Å²) in [6.45, 7) is 1.07. The summed E-state index contributed by atoms with van der Waals surface area (Å²) < 4.78 is 31.2. The third-order valence-corrected chi connectivity index (χ3v) is 6.46. The lowest BCUT2D eigenvalue weighted by Crippen LogP contribution is -2.64. The molecule has 0 bridgehead atoms. The van der Waals surface area contributed by atoms with Gasteiger partial charge in [-0.25, -0.2) is 8.78 Å². The summed E-state index contributed by atoms with van der Waals surface area (Å²) in [7, 11) is 1.59. The number of anilines is 2. The van der Waals surface area contributed by atoms with Crippen molar-refractivity contribution in [3.63, 3.8) is 0 Å². The van der Waals surface area contributed by atoms with Crippen LogP contribution in [0, 0.1) is 5.41 Å². The van der Waals surface area contributed by atoms with Gasteiger partial charge in [0, 0.05) is 54.3 Å². The highest BCUT2D eigenvalue weighted by atomic mass is 19.3. The molecule has 5 rings (SSSR count). The minimum absolute atomic E-state index is 0.0643. The number of carbonyl (C=O) groups excluding carboxylic acids is 1. The number of H-pyrrole nitrogens is 1. The average molecular weight is 453 g/mol. The van der Waals surface area contributed by atoms with Crippen molar-refractivity contribution in [3.05, 3.63) is 60.9 Å². The van der Waals surface area contributed by atoms with Crippen molar-refractivity contribution in [1.29, 1.82) is 0 Å². The van der Waals surface area contributed by atoms with E-state index in [0.29, 0.717) is 25.4 Å². The Morgan fingerprint density at radius 1 is 1.18 bits per heavy atom. The standard InChI is InChI=1S/C24H25F2N5O2/c1-33-20-4-2-3-18(9-20)29-22-23(32)31(15-24(22)13-30(14-24)12-21(25)26)19-7-5-16(6-8-19)17-10-27-28-11-17/h2-11,21-22,29H,12-15H2,1H3,(H,27,28). The van der Waals surface area contributed by atoms with Crippen LogP contribution in [0.5, 0.6) is 5.75 Å². The number of alkyl halides is 2. The molecule has 3 heterocycles. The maximum Gasteiger partial charge on any atom is 0.251 e. The number of nitrogens with one attached hydrogen (secondary N) is 2. The molecule has 0 radical (unpaired) electrons. The van der Waals surface area contributed by atoms with E-state index in [4.69, 9.17) is 4.74 Å². The number of amides is 1. The van der Waals surface area contributed by atoms with Gasteiger partial charge in [0.05, 0.1) is 19.9 Å². The number of hydrogen-bond donors (Lipinski definition) is 2. The van der Waals surface area contributed by atoms with E-state index in [-0.39, 0.29) is 12.5 Å². The van der Waals surface area contributed by atoms with E-state index < -0.39 is 17.9 Å². The number of nitrogens with zero attached hydrogens (tertiary/aromatic N) is 3. The van der Waals surface area contributed by atoms with E-state index in [1.807, 2.05) is 54.7 Å². The van der Waals surface area contributed by atoms with Gasteiger partial charge in [-0.15, -0.1) is 0 Å². The molecule has 1 spiro atoms. The summed E-state index contributed by atoms with van der Waals surface area (Å²) in [5.74, 6) is 0.615. The average Bonchev–Trinajstić information content (AvgIpc) is 3.42. The summed E-state index contributed by atoms with van der Waals surface area (Å²) >= 11 is 0. The van der Waals surface area contributed by atoms with Gasteiger partial charge in [-0.3, -0.25) is 14.8 Å². The van der Waals surface area contributed by atoms with Crippen molar-refractivity contribution < 1.29 is 18.3 Å². The number of carbonyl (C=O) groups is 1. The third-order valence-electron chi connectivity index (χ3n) is 6.46. The van der Waals surface area contributed by atoms with E-state index in [9.17, 15) is 13.6 Å². The molecule has 7 nitrogen and oxygen atoms in total. The summed E-state index contributed by atoms with van der Waals surface area (Å²) in [5.41, 5.74) is 3.06. The zero-order chi connectivity index (χ0) is 23.0. The lowest BCUT2D eigenvalue weighted by molar-refractivity contribution is -0.120. The molecule has 172 valence electrons. The van der Waals surface area contributed by atoms with Gasteiger partial charge in [-0.05, 0) is 29.8 Å². The first-order valence-electron chi connectivity index (χ1n) is 10.8. The SMILES string of the molecule is COc1cccc(NC2C(=O)N(c3ccc(-c4cn[nH]c4)cc3)CC23CN(CC(F)F)C3)c1. The number of hydrogen-bond acceptors (Lipinski definition) is 5. The highest BCUT2D eigenvalue weighted by Gasteiger charge is 2.59. The van der Waals surface area contributed by atoms with E-state index in [2.05, 4.69) is 15.5 Å². The van der Waals surface area contributed by atoms with E-state index in [0.717, 1.165) is 22.5 Å². The Kier molecular flexibility index (Phi) is 5.49. The lowest BCUT2D eigenvalue weighted by atomic mass is 9.75. The Labute approximate surface area is 190 Å². The summed E-state index contributed by atoms with van der Waals surface area (Å²) in [5, 5.41) is 10.1. The van der Waals surface area contributed by atoms with E-state index in [1.54, 1.807) is 23.1 Å². The Balaban J connectivity index is 1.40. The largest absolute Gasteiger partial charge is 0.497 e. The number of aromatic amines is 1. The van der Waals surface area contributed by atoms with Gasteiger partial charge in [0.25, 0.3) is 6.43 Å². The smallest absolute Gasteiger partial charge is 0.251 e. The van der Waals surface area contributed by atoms with E-state index in [1.165, 1.54) is 0 Å². The van der Waals surface area contributed by atoms with Crippen LogP contribution in [0.25, 0.3) is 11.1 Å². The first-order chi connectivity index (χ1) is 16.0. The summed E-state index contributed by atoms with van der Waals surface area (Å²) in [6.07, 6.45) is 1.16. The van der Waals surface area contributed by atoms with Crippen LogP contribution in [-0.4, -0.2) is 66.8 Å². The second-order valence-electron chi connectivity index (χ2n) is 8.69. The van der Waals surface area contributed by atoms with Crippen LogP contribution in [0.4, 0.5) is 20.2 Å². The van der Waals surface area contributed by atoms with Crippen molar-refractivity contribution in [2.24, 2.45) is 5.41 Å². The van der Waals surface area contributed by atoms with Crippen LogP contribution in [0.2, 0.25) is 0 Å². The Morgan fingerprint density at radius 3 is 2.64 bits per heavy atom. The molecule has 2 saturated heterocycles. The third kappa shape index (κ3) is 4.04. The van der Waals surface area contributed by atoms with Gasteiger partial charge in [0.1, 0.15) is 11.8 Å². The number of methoxy groups -OCH3 is 1. The molecule has 1 atom stereocenters. The topological polar surface area (TPSA) is 73.5 Å². The van der Waals surface area contributed by atoms with Gasteiger partial charge in [-0.2, -0.15) is 5.10 Å². The molecule has 33 heavy (non-hydrogen) atoms. The zero-order valence-electron chi connectivity index (χ0n) is 18.2. The van der Waals surface area contributed by atoms with Crippen LogP contribution in [0.3, 0.4) is 0 Å². The molecule has 9 heteroatoms. The van der Waals surface area contributed by atoms with Crippen molar-refractivity contribution >= 4 is 17.3 Å². The fourth-order valence-corrected chi connectivity index (χ4v) is 4.91. The second kappa shape index (κ2) is 8.47. The van der Waals surface area contributed by atoms with Crippen molar-refractivity contribution in [2.75, 3.05) is 43.5 Å². The van der Waals surface area contributed by atoms with Gasteiger partial charge < -0.3 is 15.0 Å². The fourth-order valence-electron chi connectivity index (χ4n) is 4.91. The van der Waals surface area contributed by atoms with Crippen LogP contribution in [0.1, 0.15) is 0 Å². The monoisotopic (exact) mass is 453 g/mol. The molecule has 0 aliphatic carbocycles. The Morgan fingerprint density at radius 2 is 1.97 bits per heavy atom. The minimum atomic E-state index is -2.39. The van der Waals surface area contributed by atoms with Gasteiger partial charge in [-0.1, -0.05) is 18.2 Å². The molecular formula is C24H25F2N5O2. The number of benzene rings is 2. The predicted octanol–water partition coefficient (Wildman–Crippen LogP) is 3.48. The molecule has 2 fully saturated rings. The van der Waals surface area contributed by atoms with Crippen molar-refractivity contribution in [2.45, 2.75) is 12.5 Å². The lowest BCUT2D eigenvalue weighted by Gasteiger charge is -2.50. The normalized spacial score (nSPS) is 19.8. The Bertz CT molecular complexity index is 1110. The molecule has 2 aliphatic heterocycles. The molecule has 1 amide bonds. The fraction of sp³-hybridized carbons (Fsp3) is 0.333. The molecule has 2 N–H and O–H groups in total. The van der Waals surface area contributed by atoms with Crippen LogP contribution in [0.15, 0.2) is 60.9 Å². The molecule has 2 aliphatic rings. The molecule has 1 unspecified atom stereocenters. The van der Waals surface area contributed by atoms with Gasteiger partial charge >= 0.3 is 0 Å². The number of ether oxygens (including phenoxy) is 1. The second-order valence-corrected chi connectivity index (χ2v) is 8.69. The minimum Gasteiger partial charge on any atom is -0.497 e. The number of rotatable bonds is 7. The maximum absolute atomic E-state index is 13.6. The summed E-state index contributed by atoms with van der Waals surface area (Å²) in [4.78, 5) is 17.0. The molecule has 3 aromatic rings. The molecule has 2 aromatic carbocycles. The van der Waals surface area contributed by atoms with E-state index >= 15 is 0 Å². The maximum atomic E-state index is 13.6. The number of halogens is 2. The van der Waals surface area contributed by atoms with Crippen LogP contribution < -0.4 is 15.0 Å². The predicted molar refractivity (Wildman–Crippen MR) is 122 cm³/mol. The van der Waals surface area contributed by atoms with Crippen LogP contribution in [-0.2, 0) is 4.79 Å². The Hall–Kier alpha value is -3.46. The highest BCUT2D eigenvalue weighted by Crippen LogP contribution is 2.44. The molecular weight excluding hydrogens is 428 g/mol.